The van der Waals surface area contributed by atoms with Crippen LogP contribution in [0, 0.1) is 0 Å². The number of nitrogens with zero attached hydrogens (tertiary/aromatic N) is 6. The van der Waals surface area contributed by atoms with Crippen LogP contribution in [0.15, 0.2) is 53.5 Å². The summed E-state index contributed by atoms with van der Waals surface area (Å²) in [5.74, 6) is 0.408. The lowest BCUT2D eigenvalue weighted by Crippen LogP contribution is -2.50. The van der Waals surface area contributed by atoms with Crippen molar-refractivity contribution in [2.45, 2.75) is 13.0 Å². The lowest BCUT2D eigenvalue weighted by Gasteiger charge is -2.39. The number of para-hydroxylation sites is 1. The topological polar surface area (TPSA) is 105 Å². The Labute approximate surface area is 212 Å². The molecule has 0 amide bonds. The Morgan fingerprint density at radius 3 is 2.46 bits per heavy atom. The van der Waals surface area contributed by atoms with E-state index >= 15 is 0 Å². The molecule has 1 aliphatic rings. The molecule has 0 spiro atoms. The summed E-state index contributed by atoms with van der Waals surface area (Å²) in [6.45, 7) is 5.29. The second-order valence-corrected chi connectivity index (χ2v) is 9.41. The van der Waals surface area contributed by atoms with Crippen LogP contribution in [0.25, 0.3) is 16.7 Å². The number of fused-ring (bicyclic) bond motifs is 1. The fourth-order valence-corrected chi connectivity index (χ4v) is 4.94. The Bertz CT molecular complexity index is 1440. The van der Waals surface area contributed by atoms with Crippen LogP contribution in [0.1, 0.15) is 6.92 Å². The van der Waals surface area contributed by atoms with E-state index in [0.717, 1.165) is 25.3 Å². The first kappa shape index (κ1) is 23.3. The zero-order valence-corrected chi connectivity index (χ0v) is 20.8. The van der Waals surface area contributed by atoms with E-state index in [-0.39, 0.29) is 27.2 Å². The van der Waals surface area contributed by atoms with Crippen molar-refractivity contribution in [1.82, 2.24) is 24.4 Å². The predicted molar refractivity (Wildman–Crippen MR) is 141 cm³/mol. The number of aromatic nitrogens is 4. The maximum absolute atomic E-state index is 12.8. The summed E-state index contributed by atoms with van der Waals surface area (Å²) in [5, 5.41) is 4.13. The number of anilines is 4. The van der Waals surface area contributed by atoms with Crippen molar-refractivity contribution in [2.75, 3.05) is 42.6 Å². The first-order valence-electron chi connectivity index (χ1n) is 11.1. The van der Waals surface area contributed by atoms with Gasteiger partial charge < -0.3 is 20.9 Å². The molecule has 3 heterocycles. The van der Waals surface area contributed by atoms with Gasteiger partial charge in [0.25, 0.3) is 0 Å². The number of halogens is 2. The Hall–Kier alpha value is -3.40. The molecule has 180 valence electrons. The SMILES string of the molecule is C[C@H]1CN(C)CCN1c1ccc(Nc2ncc3c(N)n(-c4c(Cl)cccc4Cl)c(=O)nc3n2)cc1. The molecule has 1 atom stereocenters. The average molecular weight is 511 g/mol. The number of likely N-dealkylation sites (N-methyl/N-ethyl adjacent to an activating group) is 1. The summed E-state index contributed by atoms with van der Waals surface area (Å²) in [7, 11) is 2.15. The third kappa shape index (κ3) is 4.50. The van der Waals surface area contributed by atoms with Crippen molar-refractivity contribution < 1.29 is 0 Å². The highest BCUT2D eigenvalue weighted by molar-refractivity contribution is 6.37. The first-order valence-corrected chi connectivity index (χ1v) is 11.9. The van der Waals surface area contributed by atoms with Gasteiger partial charge in [0.15, 0.2) is 5.65 Å². The van der Waals surface area contributed by atoms with Gasteiger partial charge in [-0.2, -0.15) is 9.97 Å². The number of hydrogen-bond donors (Lipinski definition) is 2. The number of hydrogen-bond acceptors (Lipinski definition) is 8. The van der Waals surface area contributed by atoms with E-state index < -0.39 is 5.69 Å². The molecule has 9 nitrogen and oxygen atoms in total. The normalized spacial score (nSPS) is 16.6. The van der Waals surface area contributed by atoms with Crippen LogP contribution in [0.4, 0.5) is 23.1 Å². The lowest BCUT2D eigenvalue weighted by molar-refractivity contribution is 0.275. The molecule has 2 aromatic heterocycles. The van der Waals surface area contributed by atoms with E-state index in [9.17, 15) is 4.79 Å². The molecule has 1 aliphatic heterocycles. The van der Waals surface area contributed by atoms with Crippen molar-refractivity contribution in [1.29, 1.82) is 0 Å². The van der Waals surface area contributed by atoms with Crippen molar-refractivity contribution in [3.05, 3.63) is 69.2 Å². The van der Waals surface area contributed by atoms with Gasteiger partial charge in [-0.05, 0) is 50.4 Å². The highest BCUT2D eigenvalue weighted by Gasteiger charge is 2.21. The molecule has 2 aromatic carbocycles. The van der Waals surface area contributed by atoms with Crippen LogP contribution >= 0.6 is 23.2 Å². The van der Waals surface area contributed by atoms with E-state index in [2.05, 4.69) is 56.2 Å². The van der Waals surface area contributed by atoms with Gasteiger partial charge in [-0.3, -0.25) is 0 Å². The molecule has 0 unspecified atom stereocenters. The molecule has 35 heavy (non-hydrogen) atoms. The minimum absolute atomic E-state index is 0.104. The fourth-order valence-electron chi connectivity index (χ4n) is 4.37. The quantitative estimate of drug-likeness (QED) is 0.425. The van der Waals surface area contributed by atoms with E-state index in [1.807, 2.05) is 12.1 Å². The summed E-state index contributed by atoms with van der Waals surface area (Å²) in [6.07, 6.45) is 1.52. The van der Waals surface area contributed by atoms with Crippen LogP contribution in [-0.2, 0) is 0 Å². The van der Waals surface area contributed by atoms with Crippen LogP contribution in [0.3, 0.4) is 0 Å². The van der Waals surface area contributed by atoms with Crippen LogP contribution in [0.5, 0.6) is 0 Å². The third-order valence-electron chi connectivity index (χ3n) is 6.13. The maximum atomic E-state index is 12.8. The molecule has 11 heteroatoms. The van der Waals surface area contributed by atoms with Crippen molar-refractivity contribution in [3.63, 3.8) is 0 Å². The predicted octanol–water partition coefficient (Wildman–Crippen LogP) is 3.95. The van der Waals surface area contributed by atoms with Gasteiger partial charge in [-0.1, -0.05) is 29.3 Å². The van der Waals surface area contributed by atoms with Crippen molar-refractivity contribution in [3.8, 4) is 5.69 Å². The minimum atomic E-state index is -0.639. The first-order chi connectivity index (χ1) is 16.8. The van der Waals surface area contributed by atoms with Crippen LogP contribution < -0.4 is 21.6 Å². The zero-order valence-electron chi connectivity index (χ0n) is 19.2. The maximum Gasteiger partial charge on any atom is 0.355 e. The van der Waals surface area contributed by atoms with Crippen molar-refractivity contribution >= 4 is 57.4 Å². The summed E-state index contributed by atoms with van der Waals surface area (Å²) in [4.78, 5) is 30.4. The molecule has 3 N–H and O–H groups in total. The zero-order chi connectivity index (χ0) is 24.7. The number of piperazine rings is 1. The Balaban J connectivity index is 1.42. The van der Waals surface area contributed by atoms with E-state index in [1.165, 1.54) is 16.5 Å². The lowest BCUT2D eigenvalue weighted by atomic mass is 10.1. The summed E-state index contributed by atoms with van der Waals surface area (Å²) in [5.41, 5.74) is 8.09. The largest absolute Gasteiger partial charge is 0.384 e. The molecule has 0 bridgehead atoms. The highest BCUT2D eigenvalue weighted by atomic mass is 35.5. The summed E-state index contributed by atoms with van der Waals surface area (Å²) in [6, 6.07) is 13.5. The van der Waals surface area contributed by atoms with Gasteiger partial charge in [-0.25, -0.2) is 14.3 Å². The number of rotatable bonds is 4. The second kappa shape index (κ2) is 9.33. The highest BCUT2D eigenvalue weighted by Crippen LogP contribution is 2.30. The Kier molecular flexibility index (Phi) is 6.22. The summed E-state index contributed by atoms with van der Waals surface area (Å²) >= 11 is 12.6. The monoisotopic (exact) mass is 510 g/mol. The van der Waals surface area contributed by atoms with Crippen molar-refractivity contribution in [2.24, 2.45) is 0 Å². The molecule has 4 aromatic rings. The molecular weight excluding hydrogens is 487 g/mol. The van der Waals surface area contributed by atoms with Gasteiger partial charge >= 0.3 is 5.69 Å². The third-order valence-corrected chi connectivity index (χ3v) is 6.74. The number of nitrogens with one attached hydrogen (secondary N) is 1. The number of nitrogen functional groups attached to an aromatic ring is 1. The summed E-state index contributed by atoms with van der Waals surface area (Å²) < 4.78 is 1.17. The van der Waals surface area contributed by atoms with E-state index in [4.69, 9.17) is 28.9 Å². The molecule has 0 radical (unpaired) electrons. The van der Waals surface area contributed by atoms with E-state index in [1.54, 1.807) is 18.2 Å². The van der Waals surface area contributed by atoms with Crippen LogP contribution in [-0.4, -0.2) is 57.1 Å². The molecular formula is C24H24Cl2N8O. The molecule has 1 saturated heterocycles. The Morgan fingerprint density at radius 1 is 1.06 bits per heavy atom. The smallest absolute Gasteiger partial charge is 0.355 e. The number of benzene rings is 2. The molecule has 5 rings (SSSR count). The average Bonchev–Trinajstić information content (AvgIpc) is 2.81. The minimum Gasteiger partial charge on any atom is -0.384 e. The second-order valence-electron chi connectivity index (χ2n) is 8.59. The fraction of sp³-hybridized carbons (Fsp3) is 0.250. The molecule has 0 saturated carbocycles. The molecule has 0 aliphatic carbocycles. The Morgan fingerprint density at radius 2 is 1.77 bits per heavy atom. The van der Waals surface area contributed by atoms with Gasteiger partial charge in [-0.15, -0.1) is 0 Å². The van der Waals surface area contributed by atoms with Gasteiger partial charge in [0, 0.05) is 43.2 Å². The molecule has 1 fully saturated rings. The standard InChI is InChI=1S/C24H24Cl2N8O/c1-14-13-32(2)10-11-33(14)16-8-6-15(7-9-16)29-23-28-12-17-21(27)34(24(35)31-22(17)30-23)20-18(25)4-3-5-19(20)26/h3-9,12,14H,10-11,13,27H2,1-2H3,(H,29,30,31,35)/t14-/m0/s1. The number of nitrogens with two attached hydrogens (primary N) is 1. The van der Waals surface area contributed by atoms with Gasteiger partial charge in [0.1, 0.15) is 5.82 Å². The van der Waals surface area contributed by atoms with Gasteiger partial charge in [0.2, 0.25) is 5.95 Å². The van der Waals surface area contributed by atoms with E-state index in [0.29, 0.717) is 17.4 Å². The van der Waals surface area contributed by atoms with Crippen LogP contribution in [0.2, 0.25) is 10.0 Å². The van der Waals surface area contributed by atoms with Gasteiger partial charge in [0.05, 0.1) is 21.1 Å².